The molecule has 0 aromatic rings. The van der Waals surface area contributed by atoms with Gasteiger partial charge in [0.25, 0.3) is 0 Å². The zero-order valence-corrected chi connectivity index (χ0v) is 13.7. The van der Waals surface area contributed by atoms with Crippen LogP contribution in [0.2, 0.25) is 0 Å². The minimum atomic E-state index is 0. The molecule has 0 unspecified atom stereocenters. The van der Waals surface area contributed by atoms with Crippen molar-refractivity contribution in [1.82, 2.24) is 10.2 Å². The van der Waals surface area contributed by atoms with E-state index in [2.05, 4.69) is 22.1 Å². The quantitative estimate of drug-likeness (QED) is 0.410. The third kappa shape index (κ3) is 5.30. The van der Waals surface area contributed by atoms with E-state index >= 15 is 0 Å². The van der Waals surface area contributed by atoms with Crippen LogP contribution < -0.4 is 11.1 Å². The lowest BCUT2D eigenvalue weighted by Crippen LogP contribution is -2.39. The van der Waals surface area contributed by atoms with E-state index < -0.39 is 0 Å². The topological polar surface area (TPSA) is 53.6 Å². The molecule has 3 N–H and O–H groups in total. The summed E-state index contributed by atoms with van der Waals surface area (Å²) in [5, 5.41) is 3.22. The molecule has 0 heterocycles. The van der Waals surface area contributed by atoms with Crippen LogP contribution in [-0.2, 0) is 0 Å². The molecule has 0 aromatic carbocycles. The van der Waals surface area contributed by atoms with Gasteiger partial charge in [-0.1, -0.05) is 13.3 Å². The highest BCUT2D eigenvalue weighted by Gasteiger charge is 2.27. The van der Waals surface area contributed by atoms with Gasteiger partial charge in [-0.2, -0.15) is 0 Å². The smallest absolute Gasteiger partial charge is 0.188 e. The summed E-state index contributed by atoms with van der Waals surface area (Å²) in [5.74, 6) is 1.43. The highest BCUT2D eigenvalue weighted by molar-refractivity contribution is 14.0. The fourth-order valence-corrected chi connectivity index (χ4v) is 2.32. The third-order valence-electron chi connectivity index (χ3n) is 3.92. The normalized spacial score (nSPS) is 20.4. The van der Waals surface area contributed by atoms with Crippen LogP contribution in [0.4, 0.5) is 0 Å². The third-order valence-corrected chi connectivity index (χ3v) is 3.92. The molecule has 0 saturated heterocycles. The number of nitrogens with one attached hydrogen (secondary N) is 1. The van der Waals surface area contributed by atoms with Crippen LogP contribution in [0.5, 0.6) is 0 Å². The standard InChI is InChI=1S/C13H26N4.HI/c1-2-17(12-6-7-12)9-8-15-13(14)16-10-11-4-3-5-11;/h11-12H,2-10H2,1H3,(H3,14,15,16);1H. The molecule has 0 radical (unpaired) electrons. The first-order chi connectivity index (χ1) is 8.29. The number of halogens is 1. The first kappa shape index (κ1) is 16.0. The minimum Gasteiger partial charge on any atom is -0.370 e. The number of nitrogens with two attached hydrogens (primary N) is 1. The molecular weight excluding hydrogens is 339 g/mol. The molecule has 2 saturated carbocycles. The van der Waals surface area contributed by atoms with Crippen molar-refractivity contribution in [3.05, 3.63) is 0 Å². The molecule has 2 aliphatic rings. The Hall–Kier alpha value is -0.0400. The maximum Gasteiger partial charge on any atom is 0.188 e. The summed E-state index contributed by atoms with van der Waals surface area (Å²) in [6.07, 6.45) is 6.79. The fourth-order valence-electron chi connectivity index (χ4n) is 2.32. The van der Waals surface area contributed by atoms with Crippen molar-refractivity contribution in [1.29, 1.82) is 0 Å². The summed E-state index contributed by atoms with van der Waals surface area (Å²) < 4.78 is 0. The van der Waals surface area contributed by atoms with Crippen LogP contribution in [0.3, 0.4) is 0 Å². The average molecular weight is 366 g/mol. The molecule has 4 nitrogen and oxygen atoms in total. The lowest BCUT2D eigenvalue weighted by molar-refractivity contribution is 0.282. The number of rotatable bonds is 7. The van der Waals surface area contributed by atoms with Gasteiger partial charge in [-0.05, 0) is 38.1 Å². The Morgan fingerprint density at radius 3 is 2.56 bits per heavy atom. The fraction of sp³-hybridized carbons (Fsp3) is 0.923. The van der Waals surface area contributed by atoms with E-state index in [1.807, 2.05) is 0 Å². The summed E-state index contributed by atoms with van der Waals surface area (Å²) in [4.78, 5) is 6.91. The Kier molecular flexibility index (Phi) is 7.29. The van der Waals surface area contributed by atoms with Gasteiger partial charge >= 0.3 is 0 Å². The molecule has 106 valence electrons. The number of guanidine groups is 1. The van der Waals surface area contributed by atoms with E-state index in [0.29, 0.717) is 5.96 Å². The Morgan fingerprint density at radius 1 is 1.33 bits per heavy atom. The lowest BCUT2D eigenvalue weighted by atomic mass is 9.86. The molecule has 5 heteroatoms. The number of hydrogen-bond donors (Lipinski definition) is 2. The maximum atomic E-state index is 5.84. The first-order valence-electron chi connectivity index (χ1n) is 7.07. The van der Waals surface area contributed by atoms with E-state index in [1.54, 1.807) is 0 Å². The Balaban J connectivity index is 0.00000162. The second-order valence-electron chi connectivity index (χ2n) is 5.31. The highest BCUT2D eigenvalue weighted by Crippen LogP contribution is 2.26. The van der Waals surface area contributed by atoms with Gasteiger partial charge in [-0.25, -0.2) is 0 Å². The van der Waals surface area contributed by atoms with Gasteiger partial charge in [-0.15, -0.1) is 24.0 Å². The van der Waals surface area contributed by atoms with Crippen molar-refractivity contribution < 1.29 is 0 Å². The number of likely N-dealkylation sites (N-methyl/N-ethyl adjacent to an activating group) is 1. The van der Waals surface area contributed by atoms with Crippen molar-refractivity contribution in [3.8, 4) is 0 Å². The Bertz CT molecular complexity index is 262. The Morgan fingerprint density at radius 2 is 2.06 bits per heavy atom. The summed E-state index contributed by atoms with van der Waals surface area (Å²) in [7, 11) is 0. The zero-order valence-electron chi connectivity index (χ0n) is 11.4. The lowest BCUT2D eigenvalue weighted by Gasteiger charge is -2.23. The maximum absolute atomic E-state index is 5.84. The van der Waals surface area contributed by atoms with E-state index in [4.69, 9.17) is 5.73 Å². The van der Waals surface area contributed by atoms with Crippen molar-refractivity contribution in [3.63, 3.8) is 0 Å². The minimum absolute atomic E-state index is 0. The summed E-state index contributed by atoms with van der Waals surface area (Å²) in [6.45, 7) is 6.29. The second kappa shape index (κ2) is 8.19. The number of hydrogen-bond acceptors (Lipinski definition) is 2. The molecule has 0 amide bonds. The van der Waals surface area contributed by atoms with Gasteiger partial charge in [0.1, 0.15) is 0 Å². The second-order valence-corrected chi connectivity index (χ2v) is 5.31. The molecule has 2 aliphatic carbocycles. The van der Waals surface area contributed by atoms with Gasteiger partial charge in [-0.3, -0.25) is 9.89 Å². The molecule has 18 heavy (non-hydrogen) atoms. The zero-order chi connectivity index (χ0) is 12.1. The first-order valence-corrected chi connectivity index (χ1v) is 7.07. The Labute approximate surface area is 128 Å². The molecular formula is C13H27IN4. The van der Waals surface area contributed by atoms with Crippen LogP contribution >= 0.6 is 24.0 Å². The number of aliphatic imine (C=N–C) groups is 1. The van der Waals surface area contributed by atoms with Crippen molar-refractivity contribution in [2.45, 2.75) is 45.1 Å². The summed E-state index contributed by atoms with van der Waals surface area (Å²) in [5.41, 5.74) is 5.84. The van der Waals surface area contributed by atoms with E-state index in [0.717, 1.165) is 38.1 Å². The van der Waals surface area contributed by atoms with Crippen molar-refractivity contribution in [2.75, 3.05) is 26.2 Å². The van der Waals surface area contributed by atoms with Crippen LogP contribution in [0.1, 0.15) is 39.0 Å². The van der Waals surface area contributed by atoms with E-state index in [1.165, 1.54) is 32.1 Å². The van der Waals surface area contributed by atoms with Gasteiger partial charge in [0.15, 0.2) is 5.96 Å². The average Bonchev–Trinajstić information content (AvgIpc) is 3.06. The van der Waals surface area contributed by atoms with Crippen LogP contribution in [0.15, 0.2) is 4.99 Å². The van der Waals surface area contributed by atoms with E-state index in [9.17, 15) is 0 Å². The van der Waals surface area contributed by atoms with Gasteiger partial charge in [0.2, 0.25) is 0 Å². The molecule has 0 atom stereocenters. The molecule has 0 aliphatic heterocycles. The monoisotopic (exact) mass is 366 g/mol. The highest BCUT2D eigenvalue weighted by atomic mass is 127. The molecule has 2 fully saturated rings. The number of nitrogens with zero attached hydrogens (tertiary/aromatic N) is 2. The molecule has 2 rings (SSSR count). The molecule has 0 spiro atoms. The largest absolute Gasteiger partial charge is 0.370 e. The predicted octanol–water partition coefficient (Wildman–Crippen LogP) is 1.79. The molecule has 0 bridgehead atoms. The van der Waals surface area contributed by atoms with Crippen molar-refractivity contribution >= 4 is 29.9 Å². The van der Waals surface area contributed by atoms with Gasteiger partial charge < -0.3 is 11.1 Å². The van der Waals surface area contributed by atoms with Gasteiger partial charge in [0.05, 0.1) is 0 Å². The summed E-state index contributed by atoms with van der Waals surface area (Å²) >= 11 is 0. The molecule has 0 aromatic heterocycles. The van der Waals surface area contributed by atoms with Crippen LogP contribution in [0, 0.1) is 5.92 Å². The van der Waals surface area contributed by atoms with Crippen LogP contribution in [0.25, 0.3) is 0 Å². The van der Waals surface area contributed by atoms with Crippen molar-refractivity contribution in [2.24, 2.45) is 16.6 Å². The van der Waals surface area contributed by atoms with E-state index in [-0.39, 0.29) is 24.0 Å². The predicted molar refractivity (Wildman–Crippen MR) is 87.5 cm³/mol. The SMILES string of the molecule is CCN(CCNC(N)=NCC1CCC1)C1CC1.I. The van der Waals surface area contributed by atoms with Gasteiger partial charge in [0, 0.05) is 25.7 Å². The van der Waals surface area contributed by atoms with Crippen LogP contribution in [-0.4, -0.2) is 43.1 Å². The summed E-state index contributed by atoms with van der Waals surface area (Å²) in [6, 6.07) is 0.843.